The third-order valence-corrected chi connectivity index (χ3v) is 9.24. The van der Waals surface area contributed by atoms with E-state index in [0.29, 0.717) is 17.6 Å². The zero-order valence-corrected chi connectivity index (χ0v) is 20.4. The van der Waals surface area contributed by atoms with E-state index in [4.69, 9.17) is 13.8 Å². The summed E-state index contributed by atoms with van der Waals surface area (Å²) in [5.74, 6) is 0. The van der Waals surface area contributed by atoms with Gasteiger partial charge in [0.15, 0.2) is 18.0 Å². The first-order valence-electron chi connectivity index (χ1n) is 11.9. The van der Waals surface area contributed by atoms with Gasteiger partial charge in [0.25, 0.3) is 8.53 Å². The number of hydrogen-bond acceptors (Lipinski definition) is 7. The Hall–Kier alpha value is -2.03. The number of rotatable bonds is 5. The number of ether oxygens (including phenoxy) is 1. The van der Waals surface area contributed by atoms with Gasteiger partial charge in [0, 0.05) is 6.54 Å². The van der Waals surface area contributed by atoms with Crippen molar-refractivity contribution in [3.05, 3.63) is 54.2 Å². The molecule has 3 aliphatic heterocycles. The first-order chi connectivity index (χ1) is 16.5. The van der Waals surface area contributed by atoms with Crippen LogP contribution >= 0.6 is 8.53 Å². The molecule has 34 heavy (non-hydrogen) atoms. The second kappa shape index (κ2) is 8.57. The van der Waals surface area contributed by atoms with Crippen LogP contribution < -0.4 is 0 Å². The predicted octanol–water partition coefficient (Wildman–Crippen LogP) is 4.80. The summed E-state index contributed by atoms with van der Waals surface area (Å²) in [4.78, 5) is 12.9. The highest BCUT2D eigenvalue weighted by atomic mass is 31.2. The molecule has 0 spiro atoms. The highest BCUT2D eigenvalue weighted by Crippen LogP contribution is 2.64. The van der Waals surface area contributed by atoms with Crippen LogP contribution in [-0.4, -0.2) is 55.2 Å². The van der Waals surface area contributed by atoms with E-state index in [1.54, 1.807) is 10.9 Å². The average Bonchev–Trinajstić information content (AvgIpc) is 3.61. The lowest BCUT2D eigenvalue weighted by molar-refractivity contribution is -0.0228. The summed E-state index contributed by atoms with van der Waals surface area (Å²) in [5.41, 5.74) is 2.61. The number of imidazole rings is 1. The molecule has 6 rings (SSSR count). The molecular formula is C24H29FN5O3P. The van der Waals surface area contributed by atoms with E-state index in [-0.39, 0.29) is 6.04 Å². The first kappa shape index (κ1) is 22.4. The van der Waals surface area contributed by atoms with Crippen LogP contribution in [0.4, 0.5) is 4.39 Å². The van der Waals surface area contributed by atoms with E-state index in [1.807, 2.05) is 32.0 Å². The SMILES string of the molecule is CC[C@H]1O[C@@H](n2cnc3c(C)ncnc32)C(F)[C@H]1O[P@]1O[C@@](C)(c2ccccc2)[C@H]2CCCN21. The van der Waals surface area contributed by atoms with Crippen molar-refractivity contribution >= 4 is 19.7 Å². The van der Waals surface area contributed by atoms with Gasteiger partial charge in [-0.3, -0.25) is 4.57 Å². The molecule has 3 fully saturated rings. The summed E-state index contributed by atoms with van der Waals surface area (Å²) < 4.78 is 39.2. The van der Waals surface area contributed by atoms with Crippen LogP contribution in [0.15, 0.2) is 43.0 Å². The van der Waals surface area contributed by atoms with Gasteiger partial charge in [0.2, 0.25) is 0 Å². The number of halogens is 1. The van der Waals surface area contributed by atoms with Crippen LogP contribution in [-0.2, 0) is 19.4 Å². The van der Waals surface area contributed by atoms with E-state index in [1.165, 1.54) is 6.33 Å². The summed E-state index contributed by atoms with van der Waals surface area (Å²) in [6.45, 7) is 6.88. The summed E-state index contributed by atoms with van der Waals surface area (Å²) in [5, 5.41) is 0. The van der Waals surface area contributed by atoms with E-state index < -0.39 is 38.7 Å². The molecule has 0 bridgehead atoms. The number of alkyl halides is 1. The van der Waals surface area contributed by atoms with Crippen LogP contribution in [0.5, 0.6) is 0 Å². The second-order valence-electron chi connectivity index (χ2n) is 9.39. The number of benzene rings is 1. The molecule has 0 N–H and O–H groups in total. The van der Waals surface area contributed by atoms with Gasteiger partial charge < -0.3 is 13.8 Å². The number of hydrogen-bond donors (Lipinski definition) is 0. The molecule has 8 nitrogen and oxygen atoms in total. The van der Waals surface area contributed by atoms with Crippen LogP contribution in [0.1, 0.15) is 50.6 Å². The first-order valence-corrected chi connectivity index (χ1v) is 13.1. The molecule has 1 unspecified atom stereocenters. The molecule has 0 amide bonds. The third kappa shape index (κ3) is 3.40. The maximum absolute atomic E-state index is 16.0. The van der Waals surface area contributed by atoms with Gasteiger partial charge >= 0.3 is 0 Å². The summed E-state index contributed by atoms with van der Waals surface area (Å²) in [6.07, 6.45) is 2.43. The zero-order chi connectivity index (χ0) is 23.4. The van der Waals surface area contributed by atoms with Crippen molar-refractivity contribution in [2.45, 2.75) is 76.3 Å². The lowest BCUT2D eigenvalue weighted by atomic mass is 9.87. The Balaban J connectivity index is 1.27. The molecule has 7 atom stereocenters. The standard InChI is InChI=1S/C24H29FN5O3P/c1-4-17-21(19(25)23(31-17)29-14-28-20-15(2)26-13-27-22(20)29)32-34-30-12-8-11-18(30)24(3,33-34)16-9-6-5-7-10-16/h5-7,9-10,13-14,17-19,21,23H,4,8,11-12H2,1-3H3/t17-,18-,19?,21+,23-,24+,34-/m1/s1. The fourth-order valence-electron chi connectivity index (χ4n) is 5.51. The van der Waals surface area contributed by atoms with Crippen LogP contribution in [0.25, 0.3) is 11.2 Å². The Kier molecular flexibility index (Phi) is 5.66. The van der Waals surface area contributed by atoms with Crippen molar-refractivity contribution in [3.63, 3.8) is 0 Å². The summed E-state index contributed by atoms with van der Waals surface area (Å²) in [7, 11) is -1.42. The van der Waals surface area contributed by atoms with Crippen molar-refractivity contribution in [2.24, 2.45) is 0 Å². The van der Waals surface area contributed by atoms with Gasteiger partial charge in [-0.1, -0.05) is 37.3 Å². The van der Waals surface area contributed by atoms with E-state index in [9.17, 15) is 0 Å². The molecule has 3 aliphatic rings. The summed E-state index contributed by atoms with van der Waals surface area (Å²) >= 11 is 0. The average molecular weight is 486 g/mol. The van der Waals surface area contributed by atoms with Crippen LogP contribution in [0.3, 0.4) is 0 Å². The van der Waals surface area contributed by atoms with Crippen molar-refractivity contribution in [3.8, 4) is 0 Å². The minimum Gasteiger partial charge on any atom is -0.349 e. The smallest absolute Gasteiger partial charge is 0.260 e. The molecule has 0 aliphatic carbocycles. The number of aromatic nitrogens is 4. The third-order valence-electron chi connectivity index (χ3n) is 7.38. The molecule has 3 aromatic rings. The highest BCUT2D eigenvalue weighted by Gasteiger charge is 2.57. The molecule has 5 heterocycles. The van der Waals surface area contributed by atoms with Crippen molar-refractivity contribution in [1.29, 1.82) is 0 Å². The minimum absolute atomic E-state index is 0.217. The molecular weight excluding hydrogens is 456 g/mol. The molecule has 0 saturated carbocycles. The van der Waals surface area contributed by atoms with E-state index in [0.717, 1.165) is 30.6 Å². The van der Waals surface area contributed by atoms with Crippen molar-refractivity contribution in [2.75, 3.05) is 6.54 Å². The second-order valence-corrected chi connectivity index (χ2v) is 10.8. The van der Waals surface area contributed by atoms with Gasteiger partial charge in [-0.15, -0.1) is 0 Å². The van der Waals surface area contributed by atoms with Gasteiger partial charge in [-0.05, 0) is 38.7 Å². The van der Waals surface area contributed by atoms with E-state index >= 15 is 4.39 Å². The van der Waals surface area contributed by atoms with Gasteiger partial charge in [0.05, 0.1) is 24.2 Å². The quantitative estimate of drug-likeness (QED) is 0.481. The van der Waals surface area contributed by atoms with Crippen LogP contribution in [0.2, 0.25) is 0 Å². The van der Waals surface area contributed by atoms with Gasteiger partial charge in [-0.2, -0.15) is 0 Å². The fraction of sp³-hybridized carbons (Fsp3) is 0.542. The Morgan fingerprint density at radius 3 is 2.85 bits per heavy atom. The molecule has 10 heteroatoms. The lowest BCUT2D eigenvalue weighted by Gasteiger charge is -2.29. The minimum atomic E-state index is -1.42. The normalized spacial score (nSPS) is 35.9. The topological polar surface area (TPSA) is 74.5 Å². The largest absolute Gasteiger partial charge is 0.349 e. The highest BCUT2D eigenvalue weighted by molar-refractivity contribution is 7.45. The predicted molar refractivity (Wildman–Crippen MR) is 126 cm³/mol. The van der Waals surface area contributed by atoms with Crippen molar-refractivity contribution < 1.29 is 18.2 Å². The summed E-state index contributed by atoms with van der Waals surface area (Å²) in [6, 6.07) is 10.5. The van der Waals surface area contributed by atoms with Gasteiger partial charge in [0.1, 0.15) is 23.5 Å². The molecule has 180 valence electrons. The van der Waals surface area contributed by atoms with E-state index in [2.05, 4.69) is 38.7 Å². The van der Waals surface area contributed by atoms with Crippen molar-refractivity contribution in [1.82, 2.24) is 24.2 Å². The fourth-order valence-corrected chi connectivity index (χ4v) is 7.66. The Bertz CT molecular complexity index is 1180. The van der Waals surface area contributed by atoms with Crippen LogP contribution in [0, 0.1) is 6.92 Å². The molecule has 1 aromatic carbocycles. The monoisotopic (exact) mass is 485 g/mol. The molecule has 0 radical (unpaired) electrons. The maximum Gasteiger partial charge on any atom is 0.260 e. The number of aryl methyl sites for hydroxylation is 1. The number of fused-ring (bicyclic) bond motifs is 2. The Morgan fingerprint density at radius 2 is 2.06 bits per heavy atom. The Labute approximate surface area is 199 Å². The molecule has 2 aromatic heterocycles. The van der Waals surface area contributed by atoms with Gasteiger partial charge in [-0.25, -0.2) is 24.0 Å². The maximum atomic E-state index is 16.0. The zero-order valence-electron chi connectivity index (χ0n) is 19.5. The lowest BCUT2D eigenvalue weighted by Crippen LogP contribution is -2.36. The molecule has 3 saturated heterocycles. The number of nitrogens with zero attached hydrogens (tertiary/aromatic N) is 5. The Morgan fingerprint density at radius 1 is 1.24 bits per heavy atom.